The fraction of sp³-hybridized carbons (Fsp3) is 0.562. The SMILES string of the molecule is CC(CC(=O)OC1CCCCC1)c1ccc(F)cc1. The molecule has 0 aromatic heterocycles. The number of hydrogen-bond donors (Lipinski definition) is 0. The maximum Gasteiger partial charge on any atom is 0.306 e. The molecule has 0 N–H and O–H groups in total. The molecule has 1 aromatic carbocycles. The van der Waals surface area contributed by atoms with Crippen LogP contribution in [0.15, 0.2) is 24.3 Å². The molecule has 1 aliphatic carbocycles. The van der Waals surface area contributed by atoms with Crippen molar-refractivity contribution in [3.63, 3.8) is 0 Å². The third-order valence-electron chi connectivity index (χ3n) is 3.76. The number of benzene rings is 1. The summed E-state index contributed by atoms with van der Waals surface area (Å²) in [5, 5.41) is 0. The standard InChI is InChI=1S/C16H21FO2/c1-12(13-7-9-14(17)10-8-13)11-16(18)19-15-5-3-2-4-6-15/h7-10,12,15H,2-6,11H2,1H3. The minimum absolute atomic E-state index is 0.0664. The molecule has 19 heavy (non-hydrogen) atoms. The zero-order chi connectivity index (χ0) is 13.7. The van der Waals surface area contributed by atoms with E-state index in [1.54, 1.807) is 12.1 Å². The number of halogens is 1. The van der Waals surface area contributed by atoms with Crippen molar-refractivity contribution in [1.82, 2.24) is 0 Å². The first-order valence-corrected chi connectivity index (χ1v) is 7.10. The lowest BCUT2D eigenvalue weighted by Gasteiger charge is -2.22. The Balaban J connectivity index is 1.82. The van der Waals surface area contributed by atoms with Crippen molar-refractivity contribution in [3.05, 3.63) is 35.6 Å². The lowest BCUT2D eigenvalue weighted by Crippen LogP contribution is -2.21. The van der Waals surface area contributed by atoms with Crippen LogP contribution < -0.4 is 0 Å². The Morgan fingerprint density at radius 3 is 2.53 bits per heavy atom. The van der Waals surface area contributed by atoms with Crippen molar-refractivity contribution in [3.8, 4) is 0 Å². The van der Waals surface area contributed by atoms with Gasteiger partial charge < -0.3 is 4.74 Å². The van der Waals surface area contributed by atoms with Crippen LogP contribution in [0.2, 0.25) is 0 Å². The third kappa shape index (κ3) is 4.34. The Labute approximate surface area is 114 Å². The Morgan fingerprint density at radius 2 is 1.89 bits per heavy atom. The van der Waals surface area contributed by atoms with Crippen molar-refractivity contribution in [2.24, 2.45) is 0 Å². The molecule has 0 saturated heterocycles. The summed E-state index contributed by atoms with van der Waals surface area (Å²) in [6, 6.07) is 6.32. The van der Waals surface area contributed by atoms with E-state index in [1.165, 1.54) is 18.6 Å². The molecule has 0 amide bonds. The summed E-state index contributed by atoms with van der Waals surface area (Å²) in [6.07, 6.45) is 6.04. The third-order valence-corrected chi connectivity index (χ3v) is 3.76. The van der Waals surface area contributed by atoms with E-state index in [-0.39, 0.29) is 23.8 Å². The molecule has 0 radical (unpaired) electrons. The highest BCUT2D eigenvalue weighted by Crippen LogP contribution is 2.23. The lowest BCUT2D eigenvalue weighted by molar-refractivity contribution is -0.150. The van der Waals surface area contributed by atoms with Gasteiger partial charge in [-0.15, -0.1) is 0 Å². The van der Waals surface area contributed by atoms with Gasteiger partial charge in [0, 0.05) is 0 Å². The smallest absolute Gasteiger partial charge is 0.306 e. The van der Waals surface area contributed by atoms with Crippen LogP contribution in [0.25, 0.3) is 0 Å². The summed E-state index contributed by atoms with van der Waals surface area (Å²) in [6.45, 7) is 1.97. The summed E-state index contributed by atoms with van der Waals surface area (Å²) in [5.74, 6) is -0.318. The molecule has 1 fully saturated rings. The van der Waals surface area contributed by atoms with Crippen molar-refractivity contribution < 1.29 is 13.9 Å². The van der Waals surface area contributed by atoms with E-state index in [0.717, 1.165) is 31.2 Å². The zero-order valence-electron chi connectivity index (χ0n) is 11.4. The molecule has 2 nitrogen and oxygen atoms in total. The minimum atomic E-state index is -0.249. The highest BCUT2D eigenvalue weighted by Gasteiger charge is 2.19. The number of carbonyl (C=O) groups excluding carboxylic acids is 1. The van der Waals surface area contributed by atoms with E-state index >= 15 is 0 Å². The van der Waals surface area contributed by atoms with E-state index in [2.05, 4.69) is 0 Å². The van der Waals surface area contributed by atoms with E-state index in [1.807, 2.05) is 6.92 Å². The maximum absolute atomic E-state index is 12.8. The van der Waals surface area contributed by atoms with Gasteiger partial charge in [-0.05, 0) is 49.3 Å². The van der Waals surface area contributed by atoms with Crippen LogP contribution in [0.4, 0.5) is 4.39 Å². The molecule has 0 aliphatic heterocycles. The van der Waals surface area contributed by atoms with Crippen LogP contribution in [0.5, 0.6) is 0 Å². The normalized spacial score (nSPS) is 18.0. The Hall–Kier alpha value is -1.38. The first-order valence-electron chi connectivity index (χ1n) is 7.10. The van der Waals surface area contributed by atoms with Gasteiger partial charge in [0.2, 0.25) is 0 Å². The van der Waals surface area contributed by atoms with Gasteiger partial charge in [-0.2, -0.15) is 0 Å². The minimum Gasteiger partial charge on any atom is -0.462 e. The first-order chi connectivity index (χ1) is 9.15. The quantitative estimate of drug-likeness (QED) is 0.762. The predicted octanol–water partition coefficient (Wildman–Crippen LogP) is 4.20. The molecule has 104 valence electrons. The highest BCUT2D eigenvalue weighted by molar-refractivity contribution is 5.70. The number of hydrogen-bond acceptors (Lipinski definition) is 2. The second-order valence-corrected chi connectivity index (χ2v) is 5.41. The van der Waals surface area contributed by atoms with Crippen molar-refractivity contribution in [1.29, 1.82) is 0 Å². The van der Waals surface area contributed by atoms with E-state index in [4.69, 9.17) is 4.74 Å². The molecule has 2 rings (SSSR count). The van der Waals surface area contributed by atoms with Gasteiger partial charge in [0.25, 0.3) is 0 Å². The monoisotopic (exact) mass is 264 g/mol. The number of ether oxygens (including phenoxy) is 1. The molecule has 1 aliphatic rings. The highest BCUT2D eigenvalue weighted by atomic mass is 19.1. The van der Waals surface area contributed by atoms with Crippen molar-refractivity contribution >= 4 is 5.97 Å². The van der Waals surface area contributed by atoms with Crippen LogP contribution in [-0.4, -0.2) is 12.1 Å². The molecular weight excluding hydrogens is 243 g/mol. The largest absolute Gasteiger partial charge is 0.462 e. The summed E-state index contributed by atoms with van der Waals surface area (Å²) in [4.78, 5) is 11.9. The fourth-order valence-corrected chi connectivity index (χ4v) is 2.58. The predicted molar refractivity (Wildman–Crippen MR) is 72.4 cm³/mol. The molecule has 0 heterocycles. The van der Waals surface area contributed by atoms with E-state index in [0.29, 0.717) is 6.42 Å². The summed E-state index contributed by atoms with van der Waals surface area (Å²) in [7, 11) is 0. The van der Waals surface area contributed by atoms with Crippen molar-refractivity contribution in [2.75, 3.05) is 0 Å². The molecular formula is C16H21FO2. The van der Waals surface area contributed by atoms with Gasteiger partial charge in [0.15, 0.2) is 0 Å². The van der Waals surface area contributed by atoms with E-state index < -0.39 is 0 Å². The number of esters is 1. The van der Waals surface area contributed by atoms with Crippen LogP contribution in [0, 0.1) is 5.82 Å². The molecule has 3 heteroatoms. The van der Waals surface area contributed by atoms with Crippen LogP contribution in [0.3, 0.4) is 0 Å². The topological polar surface area (TPSA) is 26.3 Å². The molecule has 0 spiro atoms. The van der Waals surface area contributed by atoms with Gasteiger partial charge >= 0.3 is 5.97 Å². The average Bonchev–Trinajstić information content (AvgIpc) is 2.40. The average molecular weight is 264 g/mol. The Bertz CT molecular complexity index is 407. The summed E-state index contributed by atoms with van der Waals surface area (Å²) >= 11 is 0. The van der Waals surface area contributed by atoms with Crippen molar-refractivity contribution in [2.45, 2.75) is 57.5 Å². The molecule has 1 saturated carbocycles. The zero-order valence-corrected chi connectivity index (χ0v) is 11.4. The molecule has 1 unspecified atom stereocenters. The van der Waals surface area contributed by atoms with Crippen LogP contribution in [-0.2, 0) is 9.53 Å². The summed E-state index contributed by atoms with van der Waals surface area (Å²) in [5.41, 5.74) is 0.974. The van der Waals surface area contributed by atoms with E-state index in [9.17, 15) is 9.18 Å². The Kier molecular flexibility index (Phi) is 4.94. The molecule has 1 aromatic rings. The first kappa shape index (κ1) is 14.0. The Morgan fingerprint density at radius 1 is 1.26 bits per heavy atom. The molecule has 0 bridgehead atoms. The van der Waals surface area contributed by atoms with Gasteiger partial charge in [0.1, 0.15) is 11.9 Å². The van der Waals surface area contributed by atoms with Gasteiger partial charge in [-0.25, -0.2) is 4.39 Å². The summed E-state index contributed by atoms with van der Waals surface area (Å²) < 4.78 is 18.3. The number of carbonyl (C=O) groups is 1. The fourth-order valence-electron chi connectivity index (χ4n) is 2.58. The second-order valence-electron chi connectivity index (χ2n) is 5.41. The van der Waals surface area contributed by atoms with Gasteiger partial charge in [0.05, 0.1) is 6.42 Å². The number of rotatable bonds is 4. The maximum atomic E-state index is 12.8. The van der Waals surface area contributed by atoms with Crippen LogP contribution >= 0.6 is 0 Å². The van der Waals surface area contributed by atoms with Crippen LogP contribution in [0.1, 0.15) is 56.9 Å². The van der Waals surface area contributed by atoms with Gasteiger partial charge in [-0.3, -0.25) is 4.79 Å². The van der Waals surface area contributed by atoms with Gasteiger partial charge in [-0.1, -0.05) is 25.5 Å². The lowest BCUT2D eigenvalue weighted by atomic mass is 9.96. The second kappa shape index (κ2) is 6.69. The molecule has 1 atom stereocenters.